The van der Waals surface area contributed by atoms with Crippen LogP contribution in [0.5, 0.6) is 0 Å². The molecule has 0 aliphatic carbocycles. The molecule has 1 aromatic rings. The molecule has 0 N–H and O–H groups in total. The van der Waals surface area contributed by atoms with Crippen LogP contribution in [0.1, 0.15) is 11.1 Å². The van der Waals surface area contributed by atoms with E-state index in [1.165, 1.54) is 0 Å². The Balaban J connectivity index is 2.64. The lowest BCUT2D eigenvalue weighted by Crippen LogP contribution is -1.96. The van der Waals surface area contributed by atoms with Gasteiger partial charge in [-0.15, -0.1) is 4.79 Å². The first-order valence-corrected chi connectivity index (χ1v) is 3.35. The van der Waals surface area contributed by atoms with Gasteiger partial charge in [0.1, 0.15) is 12.2 Å². The van der Waals surface area contributed by atoms with E-state index >= 15 is 0 Å². The molecule has 0 saturated carbocycles. The predicted octanol–water partition coefficient (Wildman–Crippen LogP) is 1.19. The van der Waals surface area contributed by atoms with E-state index in [0.29, 0.717) is 12.5 Å². The molecular formula is C8H6N2O. The van der Waals surface area contributed by atoms with Gasteiger partial charge in [0.15, 0.2) is 0 Å². The van der Waals surface area contributed by atoms with Gasteiger partial charge in [0.25, 0.3) is 0 Å². The first-order chi connectivity index (χ1) is 5.42. The van der Waals surface area contributed by atoms with E-state index in [-0.39, 0.29) is 0 Å². The van der Waals surface area contributed by atoms with Gasteiger partial charge >= 0.3 is 5.90 Å². The van der Waals surface area contributed by atoms with Gasteiger partial charge in [-0.05, 0) is 6.07 Å². The summed E-state index contributed by atoms with van der Waals surface area (Å²) in [5.41, 5.74) is 10.4. The van der Waals surface area contributed by atoms with Crippen LogP contribution in [-0.4, -0.2) is 10.7 Å². The van der Waals surface area contributed by atoms with Gasteiger partial charge in [0.2, 0.25) is 0 Å². The number of rotatable bonds is 0. The SMILES string of the molecule is [N-]=[N+]=C1OCc2ccccc21. The summed E-state index contributed by atoms with van der Waals surface area (Å²) >= 11 is 0. The minimum Gasteiger partial charge on any atom is -0.427 e. The summed E-state index contributed by atoms with van der Waals surface area (Å²) in [5, 5.41) is 0. The van der Waals surface area contributed by atoms with Gasteiger partial charge < -0.3 is 10.3 Å². The monoisotopic (exact) mass is 146 g/mol. The predicted molar refractivity (Wildman–Crippen MR) is 39.0 cm³/mol. The molecule has 1 aromatic carbocycles. The third kappa shape index (κ3) is 0.827. The normalized spacial score (nSPS) is 13.6. The zero-order chi connectivity index (χ0) is 7.68. The van der Waals surface area contributed by atoms with Gasteiger partial charge in [0.05, 0.1) is 0 Å². The second-order valence-electron chi connectivity index (χ2n) is 2.35. The van der Waals surface area contributed by atoms with Crippen molar-refractivity contribution in [3.05, 3.63) is 40.9 Å². The van der Waals surface area contributed by atoms with Crippen LogP contribution in [0, 0.1) is 0 Å². The van der Waals surface area contributed by atoms with Crippen molar-refractivity contribution in [2.24, 2.45) is 0 Å². The molecule has 2 rings (SSSR count). The zero-order valence-electron chi connectivity index (χ0n) is 5.82. The Morgan fingerprint density at radius 2 is 2.18 bits per heavy atom. The number of hydrogen-bond donors (Lipinski definition) is 0. The first kappa shape index (κ1) is 6.13. The van der Waals surface area contributed by atoms with Crippen molar-refractivity contribution in [2.75, 3.05) is 0 Å². The third-order valence-corrected chi connectivity index (χ3v) is 1.70. The second-order valence-corrected chi connectivity index (χ2v) is 2.35. The summed E-state index contributed by atoms with van der Waals surface area (Å²) in [4.78, 5) is 3.02. The molecule has 1 aliphatic rings. The highest BCUT2D eigenvalue weighted by atomic mass is 16.5. The maximum atomic E-state index is 8.48. The van der Waals surface area contributed by atoms with Crippen molar-refractivity contribution >= 4 is 5.90 Å². The van der Waals surface area contributed by atoms with Crippen LogP contribution >= 0.6 is 0 Å². The number of ether oxygens (including phenoxy) is 1. The molecule has 0 radical (unpaired) electrons. The Bertz CT molecular complexity index is 340. The zero-order valence-corrected chi connectivity index (χ0v) is 5.82. The van der Waals surface area contributed by atoms with E-state index in [0.717, 1.165) is 11.1 Å². The first-order valence-electron chi connectivity index (χ1n) is 3.35. The summed E-state index contributed by atoms with van der Waals surface area (Å²) in [5.74, 6) is 0.320. The van der Waals surface area contributed by atoms with Crippen molar-refractivity contribution in [1.29, 1.82) is 0 Å². The Labute approximate surface area is 63.9 Å². The Morgan fingerprint density at radius 1 is 1.36 bits per heavy atom. The molecule has 11 heavy (non-hydrogen) atoms. The lowest BCUT2D eigenvalue weighted by atomic mass is 10.1. The maximum Gasteiger partial charge on any atom is 0.483 e. The van der Waals surface area contributed by atoms with Crippen LogP contribution in [0.25, 0.3) is 5.53 Å². The van der Waals surface area contributed by atoms with Gasteiger partial charge in [-0.2, -0.15) is 0 Å². The minimum atomic E-state index is 0.320. The van der Waals surface area contributed by atoms with Gasteiger partial charge in [-0.25, -0.2) is 0 Å². The van der Waals surface area contributed by atoms with E-state index < -0.39 is 0 Å². The fraction of sp³-hybridized carbons (Fsp3) is 0.125. The van der Waals surface area contributed by atoms with Crippen LogP contribution in [0.15, 0.2) is 24.3 Å². The number of nitrogens with zero attached hydrogens (tertiary/aromatic N) is 2. The van der Waals surface area contributed by atoms with Crippen molar-refractivity contribution in [3.63, 3.8) is 0 Å². The van der Waals surface area contributed by atoms with Gasteiger partial charge in [-0.3, -0.25) is 0 Å². The summed E-state index contributed by atoms with van der Waals surface area (Å²) in [6.45, 7) is 0.509. The van der Waals surface area contributed by atoms with Crippen LogP contribution in [0.3, 0.4) is 0 Å². The molecule has 0 aromatic heterocycles. The molecule has 3 nitrogen and oxygen atoms in total. The molecule has 3 heteroatoms. The Morgan fingerprint density at radius 3 is 3.00 bits per heavy atom. The van der Waals surface area contributed by atoms with Crippen LogP contribution < -0.4 is 0 Å². The molecular weight excluding hydrogens is 140 g/mol. The maximum absolute atomic E-state index is 8.48. The number of benzene rings is 1. The highest BCUT2D eigenvalue weighted by Gasteiger charge is 2.24. The molecule has 0 fully saturated rings. The highest BCUT2D eigenvalue weighted by molar-refractivity contribution is 5.93. The minimum absolute atomic E-state index is 0.320. The van der Waals surface area contributed by atoms with E-state index in [2.05, 4.69) is 4.79 Å². The van der Waals surface area contributed by atoms with Gasteiger partial charge in [-0.1, -0.05) is 18.2 Å². The summed E-state index contributed by atoms with van der Waals surface area (Å²) in [6.07, 6.45) is 0. The molecule has 0 bridgehead atoms. The lowest BCUT2D eigenvalue weighted by molar-refractivity contribution is -0.0365. The molecule has 0 atom stereocenters. The average molecular weight is 146 g/mol. The van der Waals surface area contributed by atoms with Crippen molar-refractivity contribution in [3.8, 4) is 0 Å². The summed E-state index contributed by atoms with van der Waals surface area (Å²) < 4.78 is 5.07. The quantitative estimate of drug-likeness (QED) is 0.400. The topological polar surface area (TPSA) is 45.6 Å². The van der Waals surface area contributed by atoms with Crippen molar-refractivity contribution in [1.82, 2.24) is 0 Å². The smallest absolute Gasteiger partial charge is 0.427 e. The molecule has 0 spiro atoms. The Kier molecular flexibility index (Phi) is 1.24. The molecule has 1 aliphatic heterocycles. The molecule has 0 unspecified atom stereocenters. The second kappa shape index (κ2) is 2.22. The van der Waals surface area contributed by atoms with E-state index in [4.69, 9.17) is 10.3 Å². The van der Waals surface area contributed by atoms with Gasteiger partial charge in [0, 0.05) is 5.56 Å². The lowest BCUT2D eigenvalue weighted by Gasteiger charge is -1.86. The van der Waals surface area contributed by atoms with Crippen LogP contribution in [0.2, 0.25) is 0 Å². The van der Waals surface area contributed by atoms with Crippen LogP contribution in [-0.2, 0) is 11.3 Å². The number of hydrogen-bond acceptors (Lipinski definition) is 1. The number of fused-ring (bicyclic) bond motifs is 1. The van der Waals surface area contributed by atoms with Crippen molar-refractivity contribution < 1.29 is 9.53 Å². The fourth-order valence-corrected chi connectivity index (χ4v) is 1.16. The largest absolute Gasteiger partial charge is 0.483 e. The molecule has 1 heterocycles. The van der Waals surface area contributed by atoms with E-state index in [1.807, 2.05) is 24.3 Å². The fourth-order valence-electron chi connectivity index (χ4n) is 1.16. The standard InChI is InChI=1S/C8H6N2O/c9-10-8-7-4-2-1-3-6(7)5-11-8/h1-4H,5H2. The molecule has 0 saturated heterocycles. The molecule has 0 amide bonds. The van der Waals surface area contributed by atoms with E-state index in [1.54, 1.807) is 0 Å². The summed E-state index contributed by atoms with van der Waals surface area (Å²) in [7, 11) is 0. The van der Waals surface area contributed by atoms with Crippen LogP contribution in [0.4, 0.5) is 0 Å². The molecule has 54 valence electrons. The third-order valence-electron chi connectivity index (χ3n) is 1.70. The highest BCUT2D eigenvalue weighted by Crippen LogP contribution is 2.17. The average Bonchev–Trinajstić information content (AvgIpc) is 2.47. The Hall–Kier alpha value is -1.60. The summed E-state index contributed by atoms with van der Waals surface area (Å²) in [6, 6.07) is 7.64. The van der Waals surface area contributed by atoms with E-state index in [9.17, 15) is 0 Å². The van der Waals surface area contributed by atoms with Crippen molar-refractivity contribution in [2.45, 2.75) is 6.61 Å².